The van der Waals surface area contributed by atoms with Gasteiger partial charge in [0.1, 0.15) is 11.0 Å². The van der Waals surface area contributed by atoms with Crippen LogP contribution in [0.5, 0.6) is 0 Å². The SMILES string of the molecule is FC(F)(F)c1cc(Cl)nc(NCCC2CCCC2)c1. The standard InChI is InChI=1S/C13H16ClF3N2/c14-11-7-10(13(15,16)17)8-12(19-11)18-6-5-9-3-1-2-4-9/h7-9H,1-6H2,(H,18,19). The van der Waals surface area contributed by atoms with Crippen molar-refractivity contribution in [2.75, 3.05) is 11.9 Å². The van der Waals surface area contributed by atoms with E-state index in [4.69, 9.17) is 11.6 Å². The van der Waals surface area contributed by atoms with Gasteiger partial charge in [0, 0.05) is 6.54 Å². The quantitative estimate of drug-likeness (QED) is 0.810. The number of nitrogens with zero attached hydrogens (tertiary/aromatic N) is 1. The van der Waals surface area contributed by atoms with Crippen LogP contribution in [0, 0.1) is 5.92 Å². The summed E-state index contributed by atoms with van der Waals surface area (Å²) in [4.78, 5) is 3.87. The lowest BCUT2D eigenvalue weighted by Gasteiger charge is -2.12. The van der Waals surface area contributed by atoms with Crippen molar-refractivity contribution in [1.29, 1.82) is 0 Å². The first-order valence-corrected chi connectivity index (χ1v) is 6.81. The van der Waals surface area contributed by atoms with Gasteiger partial charge in [-0.15, -0.1) is 0 Å². The number of halogens is 4. The molecule has 1 heterocycles. The van der Waals surface area contributed by atoms with Gasteiger partial charge in [0.05, 0.1) is 5.56 Å². The van der Waals surface area contributed by atoms with Gasteiger partial charge in [-0.05, 0) is 24.5 Å². The van der Waals surface area contributed by atoms with Crippen LogP contribution in [0.1, 0.15) is 37.7 Å². The largest absolute Gasteiger partial charge is 0.416 e. The highest BCUT2D eigenvalue weighted by Crippen LogP contribution is 2.32. The summed E-state index contributed by atoms with van der Waals surface area (Å²) in [7, 11) is 0. The zero-order chi connectivity index (χ0) is 13.9. The van der Waals surface area contributed by atoms with Crippen molar-refractivity contribution in [3.8, 4) is 0 Å². The molecule has 1 saturated carbocycles. The van der Waals surface area contributed by atoms with Gasteiger partial charge in [-0.3, -0.25) is 0 Å². The lowest BCUT2D eigenvalue weighted by molar-refractivity contribution is -0.137. The van der Waals surface area contributed by atoms with Crippen LogP contribution in [-0.2, 0) is 6.18 Å². The molecule has 2 nitrogen and oxygen atoms in total. The fourth-order valence-corrected chi connectivity index (χ4v) is 2.66. The molecular weight excluding hydrogens is 277 g/mol. The van der Waals surface area contributed by atoms with Gasteiger partial charge < -0.3 is 5.32 Å². The Morgan fingerprint density at radius 2 is 1.95 bits per heavy atom. The van der Waals surface area contributed by atoms with Gasteiger partial charge in [-0.25, -0.2) is 4.98 Å². The Labute approximate surface area is 115 Å². The van der Waals surface area contributed by atoms with Crippen molar-refractivity contribution in [2.45, 2.75) is 38.3 Å². The third-order valence-electron chi connectivity index (χ3n) is 3.45. The van der Waals surface area contributed by atoms with Crippen molar-refractivity contribution in [3.05, 3.63) is 22.8 Å². The van der Waals surface area contributed by atoms with Gasteiger partial charge in [-0.2, -0.15) is 13.2 Å². The summed E-state index contributed by atoms with van der Waals surface area (Å²) in [6, 6.07) is 1.84. The highest BCUT2D eigenvalue weighted by molar-refractivity contribution is 6.29. The maximum Gasteiger partial charge on any atom is 0.416 e. The number of pyridine rings is 1. The van der Waals surface area contributed by atoms with E-state index in [1.807, 2.05) is 0 Å². The van der Waals surface area contributed by atoms with Gasteiger partial charge in [-0.1, -0.05) is 37.3 Å². The molecule has 1 N–H and O–H groups in total. The van der Waals surface area contributed by atoms with Crippen LogP contribution in [0.3, 0.4) is 0 Å². The first-order chi connectivity index (χ1) is 8.95. The van der Waals surface area contributed by atoms with Crippen molar-refractivity contribution in [2.24, 2.45) is 5.92 Å². The number of rotatable bonds is 4. The molecule has 0 radical (unpaired) electrons. The number of nitrogens with one attached hydrogen (secondary N) is 1. The molecule has 0 atom stereocenters. The van der Waals surface area contributed by atoms with E-state index in [9.17, 15) is 13.2 Å². The van der Waals surface area contributed by atoms with E-state index in [0.717, 1.165) is 18.6 Å². The Kier molecular flexibility index (Phi) is 4.55. The first kappa shape index (κ1) is 14.4. The molecule has 1 fully saturated rings. The second-order valence-corrected chi connectivity index (χ2v) is 5.31. The third-order valence-corrected chi connectivity index (χ3v) is 3.65. The number of anilines is 1. The van der Waals surface area contributed by atoms with Gasteiger partial charge >= 0.3 is 6.18 Å². The Bertz CT molecular complexity index is 428. The number of hydrogen-bond acceptors (Lipinski definition) is 2. The second kappa shape index (κ2) is 5.99. The topological polar surface area (TPSA) is 24.9 Å². The lowest BCUT2D eigenvalue weighted by atomic mass is 10.0. The first-order valence-electron chi connectivity index (χ1n) is 6.44. The molecule has 0 aliphatic heterocycles. The number of alkyl halides is 3. The predicted molar refractivity (Wildman–Crippen MR) is 69.3 cm³/mol. The predicted octanol–water partition coefficient (Wildman–Crippen LogP) is 4.75. The highest BCUT2D eigenvalue weighted by Gasteiger charge is 2.31. The van der Waals surface area contributed by atoms with E-state index in [0.29, 0.717) is 12.5 Å². The molecule has 0 aromatic carbocycles. The fourth-order valence-electron chi connectivity index (χ4n) is 2.45. The van der Waals surface area contributed by atoms with Crippen LogP contribution < -0.4 is 5.32 Å². The summed E-state index contributed by atoms with van der Waals surface area (Å²) in [6.07, 6.45) is 1.54. The van der Waals surface area contributed by atoms with E-state index in [1.165, 1.54) is 25.7 Å². The maximum atomic E-state index is 12.6. The van der Waals surface area contributed by atoms with E-state index in [-0.39, 0.29) is 11.0 Å². The zero-order valence-electron chi connectivity index (χ0n) is 10.4. The summed E-state index contributed by atoms with van der Waals surface area (Å²) in [6.45, 7) is 0.634. The van der Waals surface area contributed by atoms with E-state index >= 15 is 0 Å². The van der Waals surface area contributed by atoms with Crippen LogP contribution in [0.15, 0.2) is 12.1 Å². The molecule has 1 aliphatic carbocycles. The Hall–Kier alpha value is -0.970. The molecule has 19 heavy (non-hydrogen) atoms. The average Bonchev–Trinajstić information content (AvgIpc) is 2.80. The summed E-state index contributed by atoms with van der Waals surface area (Å²) in [5.41, 5.74) is -0.768. The van der Waals surface area contributed by atoms with Gasteiger partial charge in [0.2, 0.25) is 0 Å². The van der Waals surface area contributed by atoms with Crippen LogP contribution in [-0.4, -0.2) is 11.5 Å². The van der Waals surface area contributed by atoms with Crippen LogP contribution >= 0.6 is 11.6 Å². The molecule has 6 heteroatoms. The summed E-state index contributed by atoms with van der Waals surface area (Å²) < 4.78 is 37.8. The van der Waals surface area contributed by atoms with Crippen molar-refractivity contribution >= 4 is 17.4 Å². The molecule has 0 bridgehead atoms. The van der Waals surface area contributed by atoms with Crippen LogP contribution in [0.4, 0.5) is 19.0 Å². The molecular formula is C13H16ClF3N2. The van der Waals surface area contributed by atoms with Crippen molar-refractivity contribution < 1.29 is 13.2 Å². The molecule has 0 saturated heterocycles. The van der Waals surface area contributed by atoms with E-state index in [1.54, 1.807) is 0 Å². The Morgan fingerprint density at radius 3 is 2.58 bits per heavy atom. The van der Waals surface area contributed by atoms with Crippen LogP contribution in [0.2, 0.25) is 5.15 Å². The molecule has 1 aromatic heterocycles. The maximum absolute atomic E-state index is 12.6. The smallest absolute Gasteiger partial charge is 0.370 e. The minimum absolute atomic E-state index is 0.141. The monoisotopic (exact) mass is 292 g/mol. The molecule has 2 rings (SSSR count). The third kappa shape index (κ3) is 4.27. The number of hydrogen-bond donors (Lipinski definition) is 1. The molecule has 0 spiro atoms. The fraction of sp³-hybridized carbons (Fsp3) is 0.615. The Morgan fingerprint density at radius 1 is 1.26 bits per heavy atom. The zero-order valence-corrected chi connectivity index (χ0v) is 11.2. The molecule has 0 amide bonds. The number of aromatic nitrogens is 1. The van der Waals surface area contributed by atoms with Gasteiger partial charge in [0.15, 0.2) is 0 Å². The summed E-state index contributed by atoms with van der Waals surface area (Å²) in [5.74, 6) is 0.881. The van der Waals surface area contributed by atoms with E-state index < -0.39 is 11.7 Å². The Balaban J connectivity index is 1.94. The van der Waals surface area contributed by atoms with Gasteiger partial charge in [0.25, 0.3) is 0 Å². The second-order valence-electron chi connectivity index (χ2n) is 4.93. The molecule has 0 unspecified atom stereocenters. The normalized spacial score (nSPS) is 16.8. The minimum atomic E-state index is -4.39. The summed E-state index contributed by atoms with van der Waals surface area (Å²) in [5, 5.41) is 2.79. The molecule has 106 valence electrons. The highest BCUT2D eigenvalue weighted by atomic mass is 35.5. The molecule has 1 aromatic rings. The van der Waals surface area contributed by atoms with E-state index in [2.05, 4.69) is 10.3 Å². The van der Waals surface area contributed by atoms with Crippen molar-refractivity contribution in [1.82, 2.24) is 4.98 Å². The molecule has 1 aliphatic rings. The average molecular weight is 293 g/mol. The van der Waals surface area contributed by atoms with Crippen molar-refractivity contribution in [3.63, 3.8) is 0 Å². The lowest BCUT2D eigenvalue weighted by Crippen LogP contribution is -2.10. The summed E-state index contributed by atoms with van der Waals surface area (Å²) >= 11 is 5.61. The van der Waals surface area contributed by atoms with Crippen LogP contribution in [0.25, 0.3) is 0 Å². The minimum Gasteiger partial charge on any atom is -0.370 e.